The maximum atomic E-state index is 12.5. The van der Waals surface area contributed by atoms with Crippen LogP contribution < -0.4 is 15.4 Å². The molecule has 3 rings (SSSR count). The molecule has 0 aliphatic carbocycles. The van der Waals surface area contributed by atoms with Crippen LogP contribution in [-0.2, 0) is 16.0 Å². The van der Waals surface area contributed by atoms with Crippen molar-refractivity contribution in [1.82, 2.24) is 15.6 Å². The van der Waals surface area contributed by atoms with E-state index in [1.807, 2.05) is 37.4 Å². The number of carbonyl (C=O) groups is 2. The Kier molecular flexibility index (Phi) is 7.14. The van der Waals surface area contributed by atoms with E-state index >= 15 is 0 Å². The molecule has 6 nitrogen and oxygen atoms in total. The van der Waals surface area contributed by atoms with Crippen molar-refractivity contribution in [3.8, 4) is 17.0 Å². The van der Waals surface area contributed by atoms with Gasteiger partial charge < -0.3 is 15.4 Å². The van der Waals surface area contributed by atoms with Crippen molar-refractivity contribution in [1.29, 1.82) is 0 Å². The lowest BCUT2D eigenvalue weighted by Crippen LogP contribution is -2.48. The first-order valence-electron chi connectivity index (χ1n) is 9.74. The minimum absolute atomic E-state index is 0.141. The highest BCUT2D eigenvalue weighted by Gasteiger charge is 2.28. The molecule has 2 N–H and O–H groups in total. The Morgan fingerprint density at radius 2 is 2.14 bits per heavy atom. The number of carbonyl (C=O) groups excluding carboxylic acids is 2. The number of para-hydroxylation sites is 1. The van der Waals surface area contributed by atoms with Crippen LogP contribution in [0.2, 0.25) is 0 Å². The maximum absolute atomic E-state index is 12.5. The number of hydrogen-bond acceptors (Lipinski definition) is 5. The second-order valence-corrected chi connectivity index (χ2v) is 8.17. The molecular weight excluding hydrogens is 386 g/mol. The number of ether oxygens (including phenoxy) is 1. The number of pyridine rings is 1. The normalized spacial score (nSPS) is 15.9. The molecule has 2 heterocycles. The van der Waals surface area contributed by atoms with Crippen LogP contribution in [0.15, 0.2) is 36.5 Å². The van der Waals surface area contributed by atoms with Crippen molar-refractivity contribution < 1.29 is 14.3 Å². The molecule has 0 bridgehead atoms. The van der Waals surface area contributed by atoms with Crippen LogP contribution >= 0.6 is 11.8 Å². The van der Waals surface area contributed by atoms with Crippen molar-refractivity contribution in [2.75, 3.05) is 18.6 Å². The zero-order valence-corrected chi connectivity index (χ0v) is 17.8. The fraction of sp³-hybridized carbons (Fsp3) is 0.409. The Balaban J connectivity index is 1.65. The van der Waals surface area contributed by atoms with Gasteiger partial charge in [-0.15, -0.1) is 0 Å². The number of nitrogens with one attached hydrogen (secondary N) is 2. The summed E-state index contributed by atoms with van der Waals surface area (Å²) in [5.41, 5.74) is 4.10. The molecule has 7 heteroatoms. The number of nitrogens with zero attached hydrogens (tertiary/aromatic N) is 1. The molecule has 1 aliphatic rings. The van der Waals surface area contributed by atoms with E-state index < -0.39 is 6.04 Å². The van der Waals surface area contributed by atoms with Crippen molar-refractivity contribution in [3.63, 3.8) is 0 Å². The van der Waals surface area contributed by atoms with E-state index in [1.54, 1.807) is 18.0 Å². The number of amides is 2. The quantitative estimate of drug-likeness (QED) is 0.696. The molecule has 1 aromatic carbocycles. The van der Waals surface area contributed by atoms with Gasteiger partial charge in [0.25, 0.3) is 0 Å². The second-order valence-electron chi connectivity index (χ2n) is 7.19. The fourth-order valence-corrected chi connectivity index (χ4v) is 3.97. The maximum Gasteiger partial charge on any atom is 0.242 e. The number of benzene rings is 1. The minimum atomic E-state index is -0.518. The highest BCUT2D eigenvalue weighted by atomic mass is 32.2. The minimum Gasteiger partial charge on any atom is -0.487 e. The molecule has 0 fully saturated rings. The summed E-state index contributed by atoms with van der Waals surface area (Å²) in [4.78, 5) is 28.5. The summed E-state index contributed by atoms with van der Waals surface area (Å²) < 4.78 is 6.19. The Hall–Kier alpha value is -2.54. The van der Waals surface area contributed by atoms with E-state index in [0.29, 0.717) is 13.0 Å². The first-order chi connectivity index (χ1) is 14.0. The van der Waals surface area contributed by atoms with E-state index in [2.05, 4.69) is 21.7 Å². The zero-order valence-electron chi connectivity index (χ0n) is 17.0. The summed E-state index contributed by atoms with van der Waals surface area (Å²) in [5, 5.41) is 5.67. The molecule has 1 aromatic heterocycles. The number of aryl methyl sites for hydroxylation is 1. The highest BCUT2D eigenvalue weighted by Crippen LogP contribution is 2.38. The Morgan fingerprint density at radius 1 is 1.31 bits per heavy atom. The standard InChI is InChI=1S/C22H27N3O3S/c1-14-6-5-10-23-20(14)18-8-4-7-16-12-17(28-21(16)18)13-24-22(27)19(9-11-29-3)25-15(2)26/h4-8,10,17,19H,9,11-13H2,1-3H3,(H,24,27)(H,25,26)/t17-,19-/m0/s1. The lowest BCUT2D eigenvalue weighted by molar-refractivity contribution is -0.128. The molecule has 0 unspecified atom stereocenters. The van der Waals surface area contributed by atoms with Gasteiger partial charge in [-0.3, -0.25) is 14.6 Å². The highest BCUT2D eigenvalue weighted by molar-refractivity contribution is 7.98. The van der Waals surface area contributed by atoms with Gasteiger partial charge in [-0.05, 0) is 48.6 Å². The van der Waals surface area contributed by atoms with Crippen molar-refractivity contribution >= 4 is 23.6 Å². The number of hydrogen-bond donors (Lipinski definition) is 2. The lowest BCUT2D eigenvalue weighted by Gasteiger charge is -2.19. The molecule has 0 radical (unpaired) electrons. The van der Waals surface area contributed by atoms with Crippen LogP contribution in [0.4, 0.5) is 0 Å². The topological polar surface area (TPSA) is 80.3 Å². The first kappa shape index (κ1) is 21.2. The van der Waals surface area contributed by atoms with Gasteiger partial charge in [0, 0.05) is 25.1 Å². The first-order valence-corrected chi connectivity index (χ1v) is 11.1. The van der Waals surface area contributed by atoms with Crippen LogP contribution in [0, 0.1) is 6.92 Å². The average molecular weight is 414 g/mol. The van der Waals surface area contributed by atoms with E-state index in [0.717, 1.165) is 40.3 Å². The van der Waals surface area contributed by atoms with Crippen LogP contribution in [0.1, 0.15) is 24.5 Å². The average Bonchev–Trinajstić information content (AvgIpc) is 3.12. The van der Waals surface area contributed by atoms with Gasteiger partial charge in [-0.25, -0.2) is 0 Å². The summed E-state index contributed by atoms with van der Waals surface area (Å²) in [6, 6.07) is 9.52. The molecule has 0 saturated carbocycles. The molecule has 0 saturated heterocycles. The van der Waals surface area contributed by atoms with E-state index in [9.17, 15) is 9.59 Å². The van der Waals surface area contributed by atoms with E-state index in [1.165, 1.54) is 6.92 Å². The van der Waals surface area contributed by atoms with Gasteiger partial charge >= 0.3 is 0 Å². The fourth-order valence-electron chi connectivity index (χ4n) is 3.49. The predicted molar refractivity (Wildman–Crippen MR) is 116 cm³/mol. The van der Waals surface area contributed by atoms with Crippen LogP contribution in [0.25, 0.3) is 11.3 Å². The molecule has 2 aromatic rings. The Morgan fingerprint density at radius 3 is 2.86 bits per heavy atom. The van der Waals surface area contributed by atoms with Gasteiger partial charge in [0.1, 0.15) is 17.9 Å². The Labute approximate surface area is 175 Å². The van der Waals surface area contributed by atoms with Crippen molar-refractivity contribution in [3.05, 3.63) is 47.7 Å². The SMILES string of the molecule is CSCC[C@H](NC(C)=O)C(=O)NC[C@@H]1Cc2cccc(-c3ncccc3C)c2O1. The van der Waals surface area contributed by atoms with E-state index in [4.69, 9.17) is 4.74 Å². The summed E-state index contributed by atoms with van der Waals surface area (Å²) in [6.07, 6.45) is 4.95. The largest absolute Gasteiger partial charge is 0.487 e. The monoisotopic (exact) mass is 413 g/mol. The zero-order chi connectivity index (χ0) is 20.8. The van der Waals surface area contributed by atoms with Gasteiger partial charge in [-0.1, -0.05) is 18.2 Å². The van der Waals surface area contributed by atoms with Crippen molar-refractivity contribution in [2.45, 2.75) is 38.8 Å². The summed E-state index contributed by atoms with van der Waals surface area (Å²) >= 11 is 1.65. The second kappa shape index (κ2) is 9.78. The smallest absolute Gasteiger partial charge is 0.242 e. The molecule has 154 valence electrons. The molecule has 2 amide bonds. The van der Waals surface area contributed by atoms with Crippen LogP contribution in [0.3, 0.4) is 0 Å². The number of aromatic nitrogens is 1. The third-order valence-electron chi connectivity index (χ3n) is 4.90. The molecule has 1 aliphatic heterocycles. The van der Waals surface area contributed by atoms with Crippen LogP contribution in [0.5, 0.6) is 5.75 Å². The van der Waals surface area contributed by atoms with Gasteiger partial charge in [-0.2, -0.15) is 11.8 Å². The summed E-state index contributed by atoms with van der Waals surface area (Å²) in [5.74, 6) is 1.27. The van der Waals surface area contributed by atoms with Gasteiger partial charge in [0.05, 0.1) is 12.2 Å². The molecule has 29 heavy (non-hydrogen) atoms. The lowest BCUT2D eigenvalue weighted by atomic mass is 10.0. The number of rotatable bonds is 8. The van der Waals surface area contributed by atoms with Crippen LogP contribution in [-0.4, -0.2) is 47.5 Å². The summed E-state index contributed by atoms with van der Waals surface area (Å²) in [7, 11) is 0. The number of thioether (sulfide) groups is 1. The van der Waals surface area contributed by atoms with Crippen molar-refractivity contribution in [2.24, 2.45) is 0 Å². The Bertz CT molecular complexity index is 887. The molecule has 0 spiro atoms. The third kappa shape index (κ3) is 5.29. The van der Waals surface area contributed by atoms with Gasteiger partial charge in [0.15, 0.2) is 0 Å². The number of fused-ring (bicyclic) bond motifs is 1. The third-order valence-corrected chi connectivity index (χ3v) is 5.55. The van der Waals surface area contributed by atoms with E-state index in [-0.39, 0.29) is 17.9 Å². The molecular formula is C22H27N3O3S. The predicted octanol–water partition coefficient (Wildman–Crippen LogP) is 2.73. The summed E-state index contributed by atoms with van der Waals surface area (Å²) in [6.45, 7) is 3.85. The molecule has 2 atom stereocenters. The van der Waals surface area contributed by atoms with Gasteiger partial charge in [0.2, 0.25) is 11.8 Å².